The molecule has 0 aromatic heterocycles. The highest BCUT2D eigenvalue weighted by atomic mass is 16.5. The molecule has 2 aromatic carbocycles. The molecule has 0 saturated carbocycles. The minimum Gasteiger partial charge on any atom is -0.497 e. The summed E-state index contributed by atoms with van der Waals surface area (Å²) >= 11 is 0. The second-order valence-electron chi connectivity index (χ2n) is 7.21. The molecule has 2 aromatic rings. The first-order valence-electron chi connectivity index (χ1n) is 9.72. The van der Waals surface area contributed by atoms with Crippen molar-refractivity contribution in [2.45, 2.75) is 26.4 Å². The summed E-state index contributed by atoms with van der Waals surface area (Å²) in [6.45, 7) is 4.62. The molecule has 3 rings (SSSR count). The zero-order valence-electron chi connectivity index (χ0n) is 16.8. The van der Waals surface area contributed by atoms with Gasteiger partial charge in [0.15, 0.2) is 0 Å². The number of rotatable bonds is 7. The van der Waals surface area contributed by atoms with E-state index < -0.39 is 0 Å². The lowest BCUT2D eigenvalue weighted by atomic mass is 9.84. The van der Waals surface area contributed by atoms with E-state index in [0.717, 1.165) is 17.7 Å². The van der Waals surface area contributed by atoms with Gasteiger partial charge in [-0.1, -0.05) is 48.5 Å². The summed E-state index contributed by atoms with van der Waals surface area (Å²) in [5.74, 6) is 0.973. The quantitative estimate of drug-likeness (QED) is 0.514. The predicted molar refractivity (Wildman–Crippen MR) is 109 cm³/mol. The Morgan fingerprint density at radius 2 is 1.86 bits per heavy atom. The molecule has 1 aliphatic rings. The van der Waals surface area contributed by atoms with Crippen molar-refractivity contribution >= 4 is 5.97 Å². The summed E-state index contributed by atoms with van der Waals surface area (Å²) in [5, 5.41) is 0. The first-order valence-corrected chi connectivity index (χ1v) is 9.72. The lowest BCUT2D eigenvalue weighted by Crippen LogP contribution is -2.24. The highest BCUT2D eigenvalue weighted by Gasteiger charge is 2.39. The van der Waals surface area contributed by atoms with Gasteiger partial charge in [0, 0.05) is 11.5 Å². The van der Waals surface area contributed by atoms with Gasteiger partial charge in [-0.25, -0.2) is 4.79 Å². The van der Waals surface area contributed by atoms with E-state index >= 15 is 0 Å². The molecule has 1 heterocycles. The Morgan fingerprint density at radius 3 is 2.50 bits per heavy atom. The fraction of sp³-hybridized carbons (Fsp3) is 0.375. The molecule has 1 aliphatic heterocycles. The van der Waals surface area contributed by atoms with Crippen molar-refractivity contribution in [2.24, 2.45) is 11.8 Å². The molecule has 0 N–H and O–H groups in total. The van der Waals surface area contributed by atoms with E-state index in [2.05, 4.69) is 24.3 Å². The van der Waals surface area contributed by atoms with Crippen molar-refractivity contribution in [1.82, 2.24) is 0 Å². The molecule has 4 nitrogen and oxygen atoms in total. The van der Waals surface area contributed by atoms with Gasteiger partial charge in [0.1, 0.15) is 5.75 Å². The predicted octanol–water partition coefficient (Wildman–Crippen LogP) is 4.75. The highest BCUT2D eigenvalue weighted by molar-refractivity contribution is 5.87. The molecule has 0 radical (unpaired) electrons. The Morgan fingerprint density at radius 1 is 1.14 bits per heavy atom. The topological polar surface area (TPSA) is 44.8 Å². The van der Waals surface area contributed by atoms with E-state index in [1.807, 2.05) is 37.3 Å². The maximum Gasteiger partial charge on any atom is 0.333 e. The molecule has 0 amide bonds. The molecule has 0 aliphatic carbocycles. The average molecular weight is 380 g/mol. The maximum absolute atomic E-state index is 12.2. The molecule has 0 unspecified atom stereocenters. The highest BCUT2D eigenvalue weighted by Crippen LogP contribution is 2.40. The standard InChI is InChI=1S/C24H28O4/c1-4-17(2)24(25)28-16-22-20(14-18-10-12-21(26-3)13-11-18)15-27-23(22)19-8-6-5-7-9-19/h4-13,20,22-23H,14-16H2,1-3H3/t20-,22-,23+/m0/s1. The van der Waals surface area contributed by atoms with E-state index in [1.54, 1.807) is 20.1 Å². The molecule has 0 spiro atoms. The molecule has 3 atom stereocenters. The Hall–Kier alpha value is -2.59. The maximum atomic E-state index is 12.2. The lowest BCUT2D eigenvalue weighted by molar-refractivity contribution is -0.141. The van der Waals surface area contributed by atoms with Crippen LogP contribution in [0.1, 0.15) is 31.1 Å². The van der Waals surface area contributed by atoms with Gasteiger partial charge in [-0.15, -0.1) is 0 Å². The zero-order valence-corrected chi connectivity index (χ0v) is 16.8. The Labute approximate surface area is 167 Å². The van der Waals surface area contributed by atoms with Crippen molar-refractivity contribution in [2.75, 3.05) is 20.3 Å². The molecule has 0 bridgehead atoms. The van der Waals surface area contributed by atoms with Crippen LogP contribution in [0.15, 0.2) is 66.2 Å². The average Bonchev–Trinajstić information content (AvgIpc) is 3.14. The molecular formula is C24H28O4. The van der Waals surface area contributed by atoms with Gasteiger partial charge in [-0.2, -0.15) is 0 Å². The Bertz CT molecular complexity index is 795. The zero-order chi connectivity index (χ0) is 19.9. The second-order valence-corrected chi connectivity index (χ2v) is 7.21. The first-order chi connectivity index (χ1) is 13.6. The number of allylic oxidation sites excluding steroid dienone is 1. The number of ether oxygens (including phenoxy) is 3. The van der Waals surface area contributed by atoms with Crippen LogP contribution in [0.3, 0.4) is 0 Å². The van der Waals surface area contributed by atoms with Gasteiger partial charge >= 0.3 is 5.97 Å². The monoisotopic (exact) mass is 380 g/mol. The summed E-state index contributed by atoms with van der Waals surface area (Å²) in [4.78, 5) is 12.2. The van der Waals surface area contributed by atoms with Crippen LogP contribution >= 0.6 is 0 Å². The van der Waals surface area contributed by atoms with Crippen LogP contribution in [0, 0.1) is 11.8 Å². The van der Waals surface area contributed by atoms with Crippen LogP contribution < -0.4 is 4.74 Å². The van der Waals surface area contributed by atoms with Gasteiger partial charge in [0.2, 0.25) is 0 Å². The molecule has 1 fully saturated rings. The van der Waals surface area contributed by atoms with Gasteiger partial charge in [-0.05, 0) is 49.4 Å². The molecule has 4 heteroatoms. The van der Waals surface area contributed by atoms with Crippen molar-refractivity contribution in [3.8, 4) is 5.75 Å². The van der Waals surface area contributed by atoms with Crippen molar-refractivity contribution in [3.63, 3.8) is 0 Å². The summed E-state index contributed by atoms with van der Waals surface area (Å²) in [7, 11) is 1.67. The number of methoxy groups -OCH3 is 1. The Balaban J connectivity index is 1.76. The smallest absolute Gasteiger partial charge is 0.333 e. The summed E-state index contributed by atoms with van der Waals surface area (Å²) in [6.07, 6.45) is 2.58. The third-order valence-electron chi connectivity index (χ3n) is 5.43. The van der Waals surface area contributed by atoms with Gasteiger partial charge in [0.05, 0.1) is 26.4 Å². The van der Waals surface area contributed by atoms with Crippen LogP contribution in [0.25, 0.3) is 0 Å². The van der Waals surface area contributed by atoms with E-state index in [1.165, 1.54) is 5.56 Å². The minimum absolute atomic E-state index is 0.0665. The van der Waals surface area contributed by atoms with E-state index in [4.69, 9.17) is 14.2 Å². The fourth-order valence-corrected chi connectivity index (χ4v) is 3.61. The number of hydrogen-bond donors (Lipinski definition) is 0. The molecular weight excluding hydrogens is 352 g/mol. The van der Waals surface area contributed by atoms with Crippen LogP contribution in [-0.4, -0.2) is 26.3 Å². The van der Waals surface area contributed by atoms with Gasteiger partial charge in [0.25, 0.3) is 0 Å². The summed E-state index contributed by atoms with van der Waals surface area (Å²) in [5.41, 5.74) is 2.98. The van der Waals surface area contributed by atoms with Crippen LogP contribution in [0.5, 0.6) is 5.75 Å². The third-order valence-corrected chi connectivity index (χ3v) is 5.43. The number of carbonyl (C=O) groups is 1. The lowest BCUT2D eigenvalue weighted by Gasteiger charge is -2.23. The van der Waals surface area contributed by atoms with Crippen molar-refractivity contribution < 1.29 is 19.0 Å². The SMILES string of the molecule is CC=C(C)C(=O)OC[C@H]1[C@@H](Cc2ccc(OC)cc2)CO[C@@H]1c1ccccc1. The fourth-order valence-electron chi connectivity index (χ4n) is 3.61. The first kappa shape index (κ1) is 20.2. The van der Waals surface area contributed by atoms with Crippen molar-refractivity contribution in [3.05, 3.63) is 77.4 Å². The second kappa shape index (κ2) is 9.56. The number of hydrogen-bond acceptors (Lipinski definition) is 4. The number of carbonyl (C=O) groups excluding carboxylic acids is 1. The summed E-state index contributed by atoms with van der Waals surface area (Å²) < 4.78 is 17.0. The molecule has 1 saturated heterocycles. The molecule has 28 heavy (non-hydrogen) atoms. The van der Waals surface area contributed by atoms with E-state index in [9.17, 15) is 4.79 Å². The third kappa shape index (κ3) is 4.82. The van der Waals surface area contributed by atoms with Crippen LogP contribution in [0.4, 0.5) is 0 Å². The van der Waals surface area contributed by atoms with E-state index in [0.29, 0.717) is 18.8 Å². The van der Waals surface area contributed by atoms with Crippen LogP contribution in [-0.2, 0) is 20.7 Å². The number of esters is 1. The largest absolute Gasteiger partial charge is 0.497 e. The number of benzene rings is 2. The van der Waals surface area contributed by atoms with E-state index in [-0.39, 0.29) is 23.9 Å². The minimum atomic E-state index is -0.260. The van der Waals surface area contributed by atoms with Crippen LogP contribution in [0.2, 0.25) is 0 Å². The normalized spacial score (nSPS) is 22.1. The van der Waals surface area contributed by atoms with Gasteiger partial charge in [-0.3, -0.25) is 0 Å². The molecule has 148 valence electrons. The Kier molecular flexibility index (Phi) is 6.88. The summed E-state index contributed by atoms with van der Waals surface area (Å²) in [6, 6.07) is 18.3. The van der Waals surface area contributed by atoms with Crippen molar-refractivity contribution in [1.29, 1.82) is 0 Å². The van der Waals surface area contributed by atoms with Gasteiger partial charge < -0.3 is 14.2 Å².